The first-order valence-corrected chi connectivity index (χ1v) is 7.50. The van der Waals surface area contributed by atoms with Crippen molar-refractivity contribution in [3.05, 3.63) is 11.1 Å². The molecule has 5 heteroatoms. The number of hydrogen-bond donors (Lipinski definition) is 2. The Labute approximate surface area is 119 Å². The summed E-state index contributed by atoms with van der Waals surface area (Å²) in [7, 11) is 0. The first-order chi connectivity index (χ1) is 9.56. The number of rotatable bonds is 3. The van der Waals surface area contributed by atoms with Crippen molar-refractivity contribution < 1.29 is 14.7 Å². The fraction of sp³-hybridized carbons (Fsp3) is 0.733. The third-order valence-electron chi connectivity index (χ3n) is 5.06. The van der Waals surface area contributed by atoms with Crippen LogP contribution in [0.5, 0.6) is 0 Å². The number of carbonyl (C=O) groups is 2. The Morgan fingerprint density at radius 3 is 2.30 bits per heavy atom. The van der Waals surface area contributed by atoms with Crippen LogP contribution in [0.2, 0.25) is 0 Å². The molecule has 0 aromatic heterocycles. The molecule has 20 heavy (non-hydrogen) atoms. The summed E-state index contributed by atoms with van der Waals surface area (Å²) in [6.45, 7) is 3.60. The van der Waals surface area contributed by atoms with Gasteiger partial charge in [0.1, 0.15) is 0 Å². The fourth-order valence-electron chi connectivity index (χ4n) is 3.89. The van der Waals surface area contributed by atoms with E-state index < -0.39 is 5.97 Å². The number of amides is 1. The minimum Gasteiger partial charge on any atom is -0.481 e. The van der Waals surface area contributed by atoms with Crippen LogP contribution >= 0.6 is 0 Å². The predicted molar refractivity (Wildman–Crippen MR) is 74.2 cm³/mol. The maximum atomic E-state index is 12.6. The Morgan fingerprint density at radius 1 is 1.25 bits per heavy atom. The molecule has 3 aliphatic heterocycles. The Hall–Kier alpha value is -1.36. The quantitative estimate of drug-likeness (QED) is 0.760. The summed E-state index contributed by atoms with van der Waals surface area (Å²) in [6, 6.07) is 0.517. The molecule has 3 rings (SSSR count). The summed E-state index contributed by atoms with van der Waals surface area (Å²) in [5.74, 6) is -0.289. The van der Waals surface area contributed by atoms with Crippen LogP contribution in [0.15, 0.2) is 11.1 Å². The van der Waals surface area contributed by atoms with E-state index in [9.17, 15) is 9.59 Å². The van der Waals surface area contributed by atoms with Gasteiger partial charge in [0.15, 0.2) is 0 Å². The lowest BCUT2D eigenvalue weighted by Crippen LogP contribution is -2.48. The normalized spacial score (nSPS) is 31.9. The van der Waals surface area contributed by atoms with Gasteiger partial charge in [-0.15, -0.1) is 0 Å². The summed E-state index contributed by atoms with van der Waals surface area (Å²) < 4.78 is 0. The maximum absolute atomic E-state index is 12.6. The third kappa shape index (κ3) is 2.35. The van der Waals surface area contributed by atoms with E-state index in [1.165, 1.54) is 5.57 Å². The lowest BCUT2D eigenvalue weighted by atomic mass is 9.87. The van der Waals surface area contributed by atoms with E-state index in [0.717, 1.165) is 44.3 Å². The molecule has 3 heterocycles. The summed E-state index contributed by atoms with van der Waals surface area (Å²) in [5, 5.41) is 12.1. The van der Waals surface area contributed by atoms with Crippen molar-refractivity contribution in [2.75, 3.05) is 13.1 Å². The number of carbonyl (C=O) groups excluding carboxylic acids is 1. The zero-order valence-electron chi connectivity index (χ0n) is 11.9. The zero-order chi connectivity index (χ0) is 14.3. The van der Waals surface area contributed by atoms with E-state index in [2.05, 4.69) is 10.2 Å². The second-order valence-corrected chi connectivity index (χ2v) is 6.36. The molecule has 2 atom stereocenters. The van der Waals surface area contributed by atoms with Crippen molar-refractivity contribution in [3.8, 4) is 0 Å². The van der Waals surface area contributed by atoms with E-state index in [-0.39, 0.29) is 30.3 Å². The van der Waals surface area contributed by atoms with Gasteiger partial charge in [0.05, 0.1) is 0 Å². The largest absolute Gasteiger partial charge is 0.481 e. The Balaban J connectivity index is 1.70. The molecule has 0 aliphatic carbocycles. The topological polar surface area (TPSA) is 69.6 Å². The minimum absolute atomic E-state index is 0.183. The summed E-state index contributed by atoms with van der Waals surface area (Å²) in [6.07, 6.45) is 4.03. The number of nitrogens with one attached hydrogen (secondary N) is 1. The first-order valence-electron chi connectivity index (χ1n) is 7.50. The summed E-state index contributed by atoms with van der Waals surface area (Å²) >= 11 is 0. The van der Waals surface area contributed by atoms with Gasteiger partial charge in [-0.05, 0) is 44.1 Å². The van der Waals surface area contributed by atoms with Crippen LogP contribution in [0.4, 0.5) is 0 Å². The summed E-state index contributed by atoms with van der Waals surface area (Å²) in [5.41, 5.74) is 2.12. The highest BCUT2D eigenvalue weighted by molar-refractivity contribution is 5.94. The molecule has 2 unspecified atom stereocenters. The molecular weight excluding hydrogens is 256 g/mol. The SMILES string of the molecule is CC(C(=O)N1C2CCC1CC(CC(=O)O)C2)=C1CNC1. The van der Waals surface area contributed by atoms with Crippen LogP contribution in [-0.4, -0.2) is 47.1 Å². The van der Waals surface area contributed by atoms with E-state index in [4.69, 9.17) is 5.11 Å². The molecule has 2 bridgehead atoms. The molecule has 0 aromatic carbocycles. The highest BCUT2D eigenvalue weighted by atomic mass is 16.4. The molecule has 0 spiro atoms. The molecule has 3 aliphatic rings. The van der Waals surface area contributed by atoms with Gasteiger partial charge in [0, 0.05) is 37.2 Å². The van der Waals surface area contributed by atoms with Crippen molar-refractivity contribution in [1.29, 1.82) is 0 Å². The lowest BCUT2D eigenvalue weighted by molar-refractivity contribution is -0.139. The van der Waals surface area contributed by atoms with Crippen molar-refractivity contribution >= 4 is 11.9 Å². The molecule has 110 valence electrons. The Kier molecular flexibility index (Phi) is 3.54. The lowest BCUT2D eigenvalue weighted by Gasteiger charge is -2.39. The van der Waals surface area contributed by atoms with Crippen molar-refractivity contribution in [3.63, 3.8) is 0 Å². The van der Waals surface area contributed by atoms with Crippen LogP contribution in [0.1, 0.15) is 39.0 Å². The monoisotopic (exact) mass is 278 g/mol. The Bertz CT molecular complexity index is 452. The smallest absolute Gasteiger partial charge is 0.303 e. The van der Waals surface area contributed by atoms with Gasteiger partial charge in [-0.1, -0.05) is 0 Å². The van der Waals surface area contributed by atoms with Crippen LogP contribution in [0.3, 0.4) is 0 Å². The minimum atomic E-state index is -0.715. The molecular formula is C15H22N2O3. The second-order valence-electron chi connectivity index (χ2n) is 6.36. The molecule has 2 N–H and O–H groups in total. The predicted octanol–water partition coefficient (Wildman–Crippen LogP) is 1.15. The highest BCUT2D eigenvalue weighted by Gasteiger charge is 2.44. The fourth-order valence-corrected chi connectivity index (χ4v) is 3.89. The van der Waals surface area contributed by atoms with Crippen LogP contribution < -0.4 is 5.32 Å². The van der Waals surface area contributed by atoms with Gasteiger partial charge in [-0.25, -0.2) is 0 Å². The number of carboxylic acid groups (broad SMARTS) is 1. The third-order valence-corrected chi connectivity index (χ3v) is 5.06. The molecule has 1 amide bonds. The number of fused-ring (bicyclic) bond motifs is 2. The molecule has 5 nitrogen and oxygen atoms in total. The van der Waals surface area contributed by atoms with E-state index in [1.54, 1.807) is 0 Å². The molecule has 0 saturated carbocycles. The maximum Gasteiger partial charge on any atom is 0.303 e. The van der Waals surface area contributed by atoms with Gasteiger partial charge in [0.25, 0.3) is 0 Å². The Morgan fingerprint density at radius 2 is 1.85 bits per heavy atom. The highest BCUT2D eigenvalue weighted by Crippen LogP contribution is 2.40. The van der Waals surface area contributed by atoms with Gasteiger partial charge >= 0.3 is 5.97 Å². The van der Waals surface area contributed by atoms with E-state index in [0.29, 0.717) is 0 Å². The van der Waals surface area contributed by atoms with Gasteiger partial charge in [0.2, 0.25) is 5.91 Å². The number of carboxylic acids is 1. The van der Waals surface area contributed by atoms with E-state index >= 15 is 0 Å². The number of nitrogens with zero attached hydrogens (tertiary/aromatic N) is 1. The number of hydrogen-bond acceptors (Lipinski definition) is 3. The van der Waals surface area contributed by atoms with E-state index in [1.807, 2.05) is 6.92 Å². The average Bonchev–Trinajstić information content (AvgIpc) is 2.57. The van der Waals surface area contributed by atoms with Crippen molar-refractivity contribution in [2.24, 2.45) is 5.92 Å². The van der Waals surface area contributed by atoms with Gasteiger partial charge in [-0.2, -0.15) is 0 Å². The van der Waals surface area contributed by atoms with Crippen molar-refractivity contribution in [1.82, 2.24) is 10.2 Å². The van der Waals surface area contributed by atoms with Gasteiger partial charge < -0.3 is 15.3 Å². The summed E-state index contributed by atoms with van der Waals surface area (Å²) in [4.78, 5) is 25.6. The number of aliphatic carboxylic acids is 1. The number of piperidine rings is 1. The average molecular weight is 278 g/mol. The molecule has 3 fully saturated rings. The standard InChI is InChI=1S/C15H22N2O3/c1-9(11-7-16-8-11)15(20)17-12-2-3-13(17)5-10(4-12)6-14(18)19/h10,12-13,16H,2-8H2,1H3,(H,18,19). The van der Waals surface area contributed by atoms with Crippen LogP contribution in [-0.2, 0) is 9.59 Å². The molecule has 3 saturated heterocycles. The second kappa shape index (κ2) is 5.20. The van der Waals surface area contributed by atoms with Crippen molar-refractivity contribution in [2.45, 2.75) is 51.1 Å². The van der Waals surface area contributed by atoms with Gasteiger partial charge in [-0.3, -0.25) is 9.59 Å². The first kappa shape index (κ1) is 13.6. The molecule has 0 radical (unpaired) electrons. The zero-order valence-corrected chi connectivity index (χ0v) is 11.9. The van der Waals surface area contributed by atoms with Crippen LogP contribution in [0.25, 0.3) is 0 Å². The molecule has 0 aromatic rings. The van der Waals surface area contributed by atoms with Crippen LogP contribution in [0, 0.1) is 5.92 Å².